The first kappa shape index (κ1) is 12.6. The minimum Gasteiger partial charge on any atom is -0.350 e. The molecule has 1 aromatic heterocycles. The van der Waals surface area contributed by atoms with Crippen LogP contribution >= 0.6 is 0 Å². The fourth-order valence-electron chi connectivity index (χ4n) is 1.24. The molecule has 0 saturated carbocycles. The van der Waals surface area contributed by atoms with Gasteiger partial charge in [-0.3, -0.25) is 9.78 Å². The first-order valence-corrected chi connectivity index (χ1v) is 5.39. The second-order valence-electron chi connectivity index (χ2n) is 4.41. The molecule has 0 fully saturated rings. The van der Waals surface area contributed by atoms with E-state index < -0.39 is 0 Å². The highest BCUT2D eigenvalue weighted by molar-refractivity contribution is 5.77. The third-order valence-electron chi connectivity index (χ3n) is 2.47. The highest BCUT2D eigenvalue weighted by Crippen LogP contribution is 2.06. The molecule has 0 bridgehead atoms. The lowest BCUT2D eigenvalue weighted by Gasteiger charge is -2.22. The van der Waals surface area contributed by atoms with Crippen molar-refractivity contribution in [2.75, 3.05) is 7.05 Å². The Kier molecular flexibility index (Phi) is 4.43. The molecule has 4 heteroatoms. The van der Waals surface area contributed by atoms with Gasteiger partial charge in [-0.25, -0.2) is 0 Å². The predicted octanol–water partition coefficient (Wildman–Crippen LogP) is 1.09. The summed E-state index contributed by atoms with van der Waals surface area (Å²) in [5.41, 5.74) is 0.701. The van der Waals surface area contributed by atoms with E-state index in [1.54, 1.807) is 6.20 Å². The molecule has 0 saturated heterocycles. The van der Waals surface area contributed by atoms with E-state index in [0.29, 0.717) is 13.0 Å². The zero-order valence-corrected chi connectivity index (χ0v) is 10.1. The monoisotopic (exact) mass is 221 g/mol. The molecule has 16 heavy (non-hydrogen) atoms. The first-order chi connectivity index (χ1) is 7.53. The fraction of sp³-hybridized carbons (Fsp3) is 0.500. The molecule has 0 aliphatic heterocycles. The smallest absolute Gasteiger partial charge is 0.222 e. The summed E-state index contributed by atoms with van der Waals surface area (Å²) >= 11 is 0. The second-order valence-corrected chi connectivity index (χ2v) is 4.41. The lowest BCUT2D eigenvalue weighted by atomic mass is 10.0. The number of carbonyl (C=O) groups is 1. The van der Waals surface area contributed by atoms with Gasteiger partial charge in [0.15, 0.2) is 0 Å². The number of amides is 1. The molecule has 1 rings (SSSR count). The topological polar surface area (TPSA) is 54.0 Å². The highest BCUT2D eigenvalue weighted by atomic mass is 16.1. The van der Waals surface area contributed by atoms with Crippen molar-refractivity contribution in [1.82, 2.24) is 15.6 Å². The number of pyridine rings is 1. The Hall–Kier alpha value is -1.42. The summed E-state index contributed by atoms with van der Waals surface area (Å²) in [6.45, 7) is 4.47. The molecule has 0 spiro atoms. The standard InChI is InChI=1S/C12H19N3O/c1-12(2,13-3)8-11(16)15-9-10-6-4-5-7-14-10/h4-7,13H,8-9H2,1-3H3,(H,15,16). The molecule has 88 valence electrons. The summed E-state index contributed by atoms with van der Waals surface area (Å²) in [6, 6.07) is 5.66. The maximum Gasteiger partial charge on any atom is 0.222 e. The minimum atomic E-state index is -0.172. The molecule has 0 atom stereocenters. The summed E-state index contributed by atoms with van der Waals surface area (Å²) in [4.78, 5) is 15.7. The van der Waals surface area contributed by atoms with Gasteiger partial charge in [0.2, 0.25) is 5.91 Å². The predicted molar refractivity (Wildman–Crippen MR) is 63.8 cm³/mol. The van der Waals surface area contributed by atoms with Crippen LogP contribution in [-0.2, 0) is 11.3 Å². The van der Waals surface area contributed by atoms with Crippen LogP contribution in [0.2, 0.25) is 0 Å². The lowest BCUT2D eigenvalue weighted by Crippen LogP contribution is -2.41. The average Bonchev–Trinajstić information content (AvgIpc) is 2.27. The van der Waals surface area contributed by atoms with Crippen LogP contribution in [0, 0.1) is 0 Å². The molecule has 1 aromatic rings. The SMILES string of the molecule is CNC(C)(C)CC(=O)NCc1ccccn1. The number of nitrogens with zero attached hydrogens (tertiary/aromatic N) is 1. The van der Waals surface area contributed by atoms with Crippen LogP contribution in [-0.4, -0.2) is 23.5 Å². The van der Waals surface area contributed by atoms with Gasteiger partial charge in [-0.15, -0.1) is 0 Å². The molecule has 0 aliphatic rings. The molecular formula is C12H19N3O. The Bertz CT molecular complexity index is 335. The van der Waals surface area contributed by atoms with Gasteiger partial charge in [0, 0.05) is 18.2 Å². The molecule has 0 radical (unpaired) electrons. The molecule has 1 amide bonds. The number of aromatic nitrogens is 1. The van der Waals surface area contributed by atoms with Crippen molar-refractivity contribution in [3.8, 4) is 0 Å². The Morgan fingerprint density at radius 3 is 2.75 bits per heavy atom. The first-order valence-electron chi connectivity index (χ1n) is 5.39. The summed E-state index contributed by atoms with van der Waals surface area (Å²) in [7, 11) is 1.85. The van der Waals surface area contributed by atoms with Crippen molar-refractivity contribution in [1.29, 1.82) is 0 Å². The molecule has 2 N–H and O–H groups in total. The van der Waals surface area contributed by atoms with Gasteiger partial charge in [-0.2, -0.15) is 0 Å². The average molecular weight is 221 g/mol. The zero-order chi connectivity index (χ0) is 12.0. The van der Waals surface area contributed by atoms with Gasteiger partial charge in [0.25, 0.3) is 0 Å². The van der Waals surface area contributed by atoms with E-state index in [1.165, 1.54) is 0 Å². The van der Waals surface area contributed by atoms with Crippen LogP contribution in [0.3, 0.4) is 0 Å². The molecule has 0 aliphatic carbocycles. The van der Waals surface area contributed by atoms with E-state index in [2.05, 4.69) is 15.6 Å². The zero-order valence-electron chi connectivity index (χ0n) is 10.1. The van der Waals surface area contributed by atoms with Gasteiger partial charge >= 0.3 is 0 Å². The fourth-order valence-corrected chi connectivity index (χ4v) is 1.24. The summed E-state index contributed by atoms with van der Waals surface area (Å²) in [5.74, 6) is 0.0324. The van der Waals surface area contributed by atoms with Gasteiger partial charge in [0.1, 0.15) is 0 Å². The van der Waals surface area contributed by atoms with Crippen LogP contribution in [0.25, 0.3) is 0 Å². The van der Waals surface area contributed by atoms with Crippen LogP contribution in [0.15, 0.2) is 24.4 Å². The van der Waals surface area contributed by atoms with E-state index in [9.17, 15) is 4.79 Å². The Morgan fingerprint density at radius 1 is 1.44 bits per heavy atom. The van der Waals surface area contributed by atoms with Crippen molar-refractivity contribution in [3.05, 3.63) is 30.1 Å². The quantitative estimate of drug-likeness (QED) is 0.782. The minimum absolute atomic E-state index is 0.0324. The molecule has 0 unspecified atom stereocenters. The highest BCUT2D eigenvalue weighted by Gasteiger charge is 2.18. The number of hydrogen-bond donors (Lipinski definition) is 2. The molecule has 1 heterocycles. The van der Waals surface area contributed by atoms with Crippen LogP contribution in [0.1, 0.15) is 26.0 Å². The Balaban J connectivity index is 2.36. The van der Waals surface area contributed by atoms with Gasteiger partial charge in [-0.1, -0.05) is 6.07 Å². The Labute approximate surface area is 96.5 Å². The normalized spacial score (nSPS) is 11.2. The van der Waals surface area contributed by atoms with Crippen molar-refractivity contribution in [3.63, 3.8) is 0 Å². The molecule has 0 aromatic carbocycles. The number of rotatable bonds is 5. The van der Waals surface area contributed by atoms with Crippen molar-refractivity contribution >= 4 is 5.91 Å². The second kappa shape index (κ2) is 5.61. The summed E-state index contributed by atoms with van der Waals surface area (Å²) < 4.78 is 0. The third kappa shape index (κ3) is 4.40. The van der Waals surface area contributed by atoms with E-state index in [4.69, 9.17) is 0 Å². The maximum atomic E-state index is 11.6. The number of carbonyl (C=O) groups excluding carboxylic acids is 1. The van der Waals surface area contributed by atoms with E-state index in [-0.39, 0.29) is 11.4 Å². The largest absolute Gasteiger partial charge is 0.350 e. The van der Waals surface area contributed by atoms with Crippen molar-refractivity contribution in [2.24, 2.45) is 0 Å². The Morgan fingerprint density at radius 2 is 2.19 bits per heavy atom. The van der Waals surface area contributed by atoms with Crippen LogP contribution < -0.4 is 10.6 Å². The van der Waals surface area contributed by atoms with E-state index in [0.717, 1.165) is 5.69 Å². The van der Waals surface area contributed by atoms with E-state index >= 15 is 0 Å². The third-order valence-corrected chi connectivity index (χ3v) is 2.47. The van der Waals surface area contributed by atoms with Crippen LogP contribution in [0.5, 0.6) is 0 Å². The van der Waals surface area contributed by atoms with E-state index in [1.807, 2.05) is 39.1 Å². The van der Waals surface area contributed by atoms with Gasteiger partial charge in [-0.05, 0) is 33.0 Å². The summed E-state index contributed by atoms with van der Waals surface area (Å²) in [5, 5.41) is 5.94. The van der Waals surface area contributed by atoms with Gasteiger partial charge in [0.05, 0.1) is 12.2 Å². The van der Waals surface area contributed by atoms with Crippen molar-refractivity contribution in [2.45, 2.75) is 32.4 Å². The number of nitrogens with one attached hydrogen (secondary N) is 2. The molecule has 4 nitrogen and oxygen atoms in total. The van der Waals surface area contributed by atoms with Gasteiger partial charge < -0.3 is 10.6 Å². The lowest BCUT2D eigenvalue weighted by molar-refractivity contribution is -0.122. The van der Waals surface area contributed by atoms with Crippen LogP contribution in [0.4, 0.5) is 0 Å². The molecular weight excluding hydrogens is 202 g/mol. The maximum absolute atomic E-state index is 11.6. The number of hydrogen-bond acceptors (Lipinski definition) is 3. The summed E-state index contributed by atoms with van der Waals surface area (Å²) in [6.07, 6.45) is 2.18. The van der Waals surface area contributed by atoms with Crippen molar-refractivity contribution < 1.29 is 4.79 Å².